The van der Waals surface area contributed by atoms with E-state index in [1.165, 1.54) is 23.5 Å². The first-order valence-electron chi connectivity index (χ1n) is 8.66. The molecule has 0 unspecified atom stereocenters. The molecule has 27 heavy (non-hydrogen) atoms. The summed E-state index contributed by atoms with van der Waals surface area (Å²) in [7, 11) is -0.625. The number of nitrogens with zero attached hydrogens (tertiary/aromatic N) is 1. The largest absolute Gasteiger partial charge is 0.495 e. The van der Waals surface area contributed by atoms with Crippen LogP contribution in [0.25, 0.3) is 0 Å². The van der Waals surface area contributed by atoms with Gasteiger partial charge in [0.25, 0.3) is 5.91 Å². The van der Waals surface area contributed by atoms with Crippen molar-refractivity contribution >= 4 is 28.3 Å². The average Bonchev–Trinajstić information content (AvgIpc) is 3.19. The topological polar surface area (TPSA) is 97.0 Å². The minimum atomic E-state index is -3.67. The monoisotopic (exact) mass is 421 g/mol. The number of hydrogen-bond acceptors (Lipinski definition) is 6. The lowest BCUT2D eigenvalue weighted by molar-refractivity contribution is 0.0953. The number of rotatable bonds is 10. The second-order valence-corrected chi connectivity index (χ2v) is 7.88. The van der Waals surface area contributed by atoms with Gasteiger partial charge in [0, 0.05) is 45.4 Å². The van der Waals surface area contributed by atoms with Gasteiger partial charge in [0.15, 0.2) is 0 Å². The van der Waals surface area contributed by atoms with Crippen molar-refractivity contribution < 1.29 is 22.7 Å². The molecule has 1 aliphatic heterocycles. The molecule has 0 aromatic heterocycles. The molecule has 1 saturated heterocycles. The van der Waals surface area contributed by atoms with E-state index < -0.39 is 10.0 Å². The van der Waals surface area contributed by atoms with E-state index in [-0.39, 0.29) is 29.0 Å². The van der Waals surface area contributed by atoms with E-state index in [0.29, 0.717) is 44.9 Å². The minimum Gasteiger partial charge on any atom is -0.495 e. The van der Waals surface area contributed by atoms with Crippen molar-refractivity contribution in [1.29, 1.82) is 0 Å². The number of halogens is 1. The van der Waals surface area contributed by atoms with E-state index in [4.69, 9.17) is 9.47 Å². The zero-order valence-electron chi connectivity index (χ0n) is 15.7. The minimum absolute atomic E-state index is 0. The van der Waals surface area contributed by atoms with Gasteiger partial charge in [-0.2, -0.15) is 4.31 Å². The second kappa shape index (κ2) is 11.5. The van der Waals surface area contributed by atoms with Gasteiger partial charge in [0.2, 0.25) is 10.0 Å². The van der Waals surface area contributed by atoms with Crippen LogP contribution in [-0.4, -0.2) is 72.2 Å². The molecule has 2 rings (SSSR count). The molecule has 0 saturated carbocycles. The highest BCUT2D eigenvalue weighted by Gasteiger charge is 2.30. The maximum Gasteiger partial charge on any atom is 0.251 e. The van der Waals surface area contributed by atoms with Crippen molar-refractivity contribution in [1.82, 2.24) is 14.9 Å². The summed E-state index contributed by atoms with van der Waals surface area (Å²) in [5.74, 6) is -0.0752. The third-order valence-electron chi connectivity index (χ3n) is 4.18. The summed E-state index contributed by atoms with van der Waals surface area (Å²) in [6.07, 6.45) is 1.69. The van der Waals surface area contributed by atoms with Crippen molar-refractivity contribution in [2.75, 3.05) is 53.6 Å². The van der Waals surface area contributed by atoms with Crippen molar-refractivity contribution in [3.05, 3.63) is 23.8 Å². The maximum absolute atomic E-state index is 12.8. The molecule has 0 spiro atoms. The number of nitrogens with one attached hydrogen (secondary N) is 2. The Bertz CT molecular complexity index is 709. The Morgan fingerprint density at radius 1 is 1.15 bits per heavy atom. The molecule has 1 aromatic rings. The van der Waals surface area contributed by atoms with Crippen molar-refractivity contribution in [2.45, 2.75) is 17.7 Å². The normalized spacial score (nSPS) is 14.6. The van der Waals surface area contributed by atoms with Crippen LogP contribution in [0.1, 0.15) is 23.2 Å². The van der Waals surface area contributed by atoms with E-state index in [1.54, 1.807) is 13.2 Å². The Morgan fingerprint density at radius 2 is 1.85 bits per heavy atom. The molecule has 2 N–H and O–H groups in total. The predicted molar refractivity (Wildman–Crippen MR) is 105 cm³/mol. The van der Waals surface area contributed by atoms with Crippen LogP contribution in [0, 0.1) is 0 Å². The number of benzene rings is 1. The molecule has 8 nitrogen and oxygen atoms in total. The van der Waals surface area contributed by atoms with E-state index in [0.717, 1.165) is 12.8 Å². The summed E-state index contributed by atoms with van der Waals surface area (Å²) in [4.78, 5) is 12.4. The quantitative estimate of drug-likeness (QED) is 0.544. The molecular weight excluding hydrogens is 394 g/mol. The Hall–Kier alpha value is -1.39. The van der Waals surface area contributed by atoms with Crippen LogP contribution in [0.15, 0.2) is 23.1 Å². The molecule has 0 aliphatic carbocycles. The molecular formula is C17H28ClN3O5S. The predicted octanol–water partition coefficient (Wildman–Crippen LogP) is 0.867. The Kier molecular flexibility index (Phi) is 10.0. The van der Waals surface area contributed by atoms with Gasteiger partial charge in [-0.1, -0.05) is 0 Å². The van der Waals surface area contributed by atoms with Crippen molar-refractivity contribution in [3.63, 3.8) is 0 Å². The van der Waals surface area contributed by atoms with Crippen LogP contribution in [0.2, 0.25) is 0 Å². The zero-order valence-corrected chi connectivity index (χ0v) is 17.3. The lowest BCUT2D eigenvalue weighted by Gasteiger charge is -2.18. The van der Waals surface area contributed by atoms with Gasteiger partial charge in [0.1, 0.15) is 10.6 Å². The van der Waals surface area contributed by atoms with Crippen molar-refractivity contribution in [2.24, 2.45) is 0 Å². The number of carbonyl (C=O) groups is 1. The second-order valence-electron chi connectivity index (χ2n) is 5.98. The standard InChI is InChI=1S/C17H27N3O5S.ClH/c1-24-12-9-18-7-8-19-17(21)14-5-6-15(25-2)16(13-14)26(22,23)20-10-3-4-11-20;/h5-6,13,18H,3-4,7-12H2,1-2H3,(H,19,21);1H. The highest BCUT2D eigenvalue weighted by atomic mass is 35.5. The lowest BCUT2D eigenvalue weighted by Crippen LogP contribution is -2.33. The van der Waals surface area contributed by atoms with Gasteiger partial charge >= 0.3 is 0 Å². The van der Waals surface area contributed by atoms with Crippen molar-refractivity contribution in [3.8, 4) is 5.75 Å². The fraction of sp³-hybridized carbons (Fsp3) is 0.588. The first-order valence-corrected chi connectivity index (χ1v) is 10.1. The molecule has 1 heterocycles. The Labute approximate surface area is 167 Å². The molecule has 1 fully saturated rings. The third kappa shape index (κ3) is 6.32. The first kappa shape index (κ1) is 23.6. The smallest absolute Gasteiger partial charge is 0.251 e. The summed E-state index contributed by atoms with van der Waals surface area (Å²) >= 11 is 0. The van der Waals surface area contributed by atoms with Gasteiger partial charge in [-0.05, 0) is 31.0 Å². The highest BCUT2D eigenvalue weighted by Crippen LogP contribution is 2.29. The number of amides is 1. The average molecular weight is 422 g/mol. The number of methoxy groups -OCH3 is 2. The van der Waals surface area contributed by atoms with Crippen LogP contribution in [-0.2, 0) is 14.8 Å². The molecule has 1 aliphatic rings. The van der Waals surface area contributed by atoms with Crippen LogP contribution in [0.4, 0.5) is 0 Å². The van der Waals surface area contributed by atoms with E-state index in [9.17, 15) is 13.2 Å². The molecule has 10 heteroatoms. The van der Waals surface area contributed by atoms with Gasteiger partial charge in [-0.15, -0.1) is 12.4 Å². The Morgan fingerprint density at radius 3 is 2.48 bits per heavy atom. The molecule has 1 aromatic carbocycles. The number of ether oxygens (including phenoxy) is 2. The molecule has 0 radical (unpaired) electrons. The highest BCUT2D eigenvalue weighted by molar-refractivity contribution is 7.89. The Balaban J connectivity index is 0.00000364. The fourth-order valence-electron chi connectivity index (χ4n) is 2.75. The van der Waals surface area contributed by atoms with E-state index in [1.807, 2.05) is 0 Å². The molecule has 154 valence electrons. The maximum atomic E-state index is 12.8. The van der Waals surface area contributed by atoms with E-state index >= 15 is 0 Å². The van der Waals surface area contributed by atoms with Gasteiger partial charge in [-0.25, -0.2) is 8.42 Å². The number of sulfonamides is 1. The van der Waals surface area contributed by atoms with Crippen LogP contribution < -0.4 is 15.4 Å². The fourth-order valence-corrected chi connectivity index (χ4v) is 4.45. The molecule has 0 bridgehead atoms. The van der Waals surface area contributed by atoms with Crippen LogP contribution >= 0.6 is 12.4 Å². The third-order valence-corrected chi connectivity index (χ3v) is 6.10. The van der Waals surface area contributed by atoms with Crippen LogP contribution in [0.3, 0.4) is 0 Å². The van der Waals surface area contributed by atoms with Gasteiger partial charge in [0.05, 0.1) is 13.7 Å². The summed E-state index contributed by atoms with van der Waals surface area (Å²) in [5, 5.41) is 5.89. The number of hydrogen-bond donors (Lipinski definition) is 2. The molecule has 0 atom stereocenters. The summed E-state index contributed by atoms with van der Waals surface area (Å²) in [5.41, 5.74) is 0.292. The van der Waals surface area contributed by atoms with Gasteiger partial charge < -0.3 is 20.1 Å². The SMILES string of the molecule is COCCNCCNC(=O)c1ccc(OC)c(S(=O)(=O)N2CCCC2)c1.Cl. The lowest BCUT2D eigenvalue weighted by atomic mass is 10.2. The summed E-state index contributed by atoms with van der Waals surface area (Å²) < 4.78 is 37.2. The first-order chi connectivity index (χ1) is 12.5. The van der Waals surface area contributed by atoms with E-state index in [2.05, 4.69) is 10.6 Å². The summed E-state index contributed by atoms with van der Waals surface area (Å²) in [6, 6.07) is 4.48. The van der Waals surface area contributed by atoms with Crippen LogP contribution in [0.5, 0.6) is 5.75 Å². The van der Waals surface area contributed by atoms with Gasteiger partial charge in [-0.3, -0.25) is 4.79 Å². The molecule has 1 amide bonds. The summed E-state index contributed by atoms with van der Waals surface area (Å²) in [6.45, 7) is 3.33. The zero-order chi connectivity index (χ0) is 19.0. The number of carbonyl (C=O) groups excluding carboxylic acids is 1.